The number of hydrogen-bond acceptors (Lipinski definition) is 3. The summed E-state index contributed by atoms with van der Waals surface area (Å²) in [5.41, 5.74) is 2.07. The molecule has 0 aromatic carbocycles. The number of unbranched alkanes of at least 4 members (excludes halogenated alkanes) is 3. The van der Waals surface area contributed by atoms with Gasteiger partial charge in [0.25, 0.3) is 0 Å². The van der Waals surface area contributed by atoms with Crippen molar-refractivity contribution in [1.29, 1.82) is 0 Å². The summed E-state index contributed by atoms with van der Waals surface area (Å²) in [5, 5.41) is 0. The van der Waals surface area contributed by atoms with Crippen molar-refractivity contribution in [2.45, 2.75) is 125 Å². The Bertz CT molecular complexity index is 641. The summed E-state index contributed by atoms with van der Waals surface area (Å²) in [5.74, 6) is 0. The summed E-state index contributed by atoms with van der Waals surface area (Å²) < 4.78 is 17.3. The van der Waals surface area contributed by atoms with Crippen LogP contribution in [0.3, 0.4) is 0 Å². The molecular weight excluding hydrogens is 479 g/mol. The third-order valence-corrected chi connectivity index (χ3v) is 23.7. The zero-order valence-electron chi connectivity index (χ0n) is 20.8. The van der Waals surface area contributed by atoms with Gasteiger partial charge >= 0.3 is 190 Å². The number of ether oxygens (including phenoxy) is 2. The normalized spacial score (nSPS) is 26.1. The Balaban J connectivity index is 2.54. The molecule has 4 heteroatoms. The Hall–Kier alpha value is -0.451. The molecular formula is C26H46O3Sn. The van der Waals surface area contributed by atoms with Crippen molar-refractivity contribution in [2.24, 2.45) is 5.41 Å². The van der Waals surface area contributed by atoms with Crippen LogP contribution in [0.4, 0.5) is 4.79 Å². The van der Waals surface area contributed by atoms with E-state index in [0.717, 1.165) is 12.8 Å². The Morgan fingerprint density at radius 2 is 1.57 bits per heavy atom. The number of rotatable bonds is 11. The maximum absolute atomic E-state index is 12.1. The molecule has 1 fully saturated rings. The molecule has 2 atom stereocenters. The van der Waals surface area contributed by atoms with Crippen molar-refractivity contribution < 1.29 is 14.3 Å². The van der Waals surface area contributed by atoms with Gasteiger partial charge in [-0.15, -0.1) is 0 Å². The van der Waals surface area contributed by atoms with Gasteiger partial charge < -0.3 is 0 Å². The SMILES string of the molecule is C=[C](C1=C(C)CC[C@]2(OC(=O)O[C@H]2C)C1(C)C)[Sn]([CH2]CCC)([CH2]CCC)[CH2]CCC. The minimum absolute atomic E-state index is 0.220. The fourth-order valence-electron chi connectivity index (χ4n) is 6.21. The van der Waals surface area contributed by atoms with Gasteiger partial charge in [-0.3, -0.25) is 0 Å². The van der Waals surface area contributed by atoms with E-state index in [-0.39, 0.29) is 11.5 Å². The molecule has 0 N–H and O–H groups in total. The van der Waals surface area contributed by atoms with E-state index in [1.807, 2.05) is 6.92 Å². The molecule has 0 aromatic heterocycles. The summed E-state index contributed by atoms with van der Waals surface area (Å²) >= 11 is -2.67. The Kier molecular flexibility index (Phi) is 8.98. The first-order valence-corrected chi connectivity index (χ1v) is 19.9. The molecule has 172 valence electrons. The van der Waals surface area contributed by atoms with Gasteiger partial charge in [0.15, 0.2) is 0 Å². The number of carbonyl (C=O) groups is 1. The van der Waals surface area contributed by atoms with Crippen LogP contribution in [0.5, 0.6) is 0 Å². The molecule has 30 heavy (non-hydrogen) atoms. The van der Waals surface area contributed by atoms with Gasteiger partial charge in [0.05, 0.1) is 0 Å². The van der Waals surface area contributed by atoms with Gasteiger partial charge in [0, 0.05) is 0 Å². The average molecular weight is 525 g/mol. The molecule has 1 heterocycles. The van der Waals surface area contributed by atoms with Crippen molar-refractivity contribution in [3.63, 3.8) is 0 Å². The van der Waals surface area contributed by atoms with Gasteiger partial charge in [-0.1, -0.05) is 0 Å². The molecule has 0 amide bonds. The Labute approximate surface area is 189 Å². The van der Waals surface area contributed by atoms with Gasteiger partial charge in [-0.2, -0.15) is 0 Å². The van der Waals surface area contributed by atoms with Crippen molar-refractivity contribution in [1.82, 2.24) is 0 Å². The van der Waals surface area contributed by atoms with E-state index >= 15 is 0 Å². The first kappa shape index (κ1) is 25.8. The molecule has 0 aromatic rings. The summed E-state index contributed by atoms with van der Waals surface area (Å²) in [6.07, 6.45) is 8.86. The number of carbonyl (C=O) groups excluding carboxylic acids is 1. The van der Waals surface area contributed by atoms with E-state index in [4.69, 9.17) is 16.1 Å². The molecule has 0 saturated carbocycles. The van der Waals surface area contributed by atoms with Crippen molar-refractivity contribution in [3.05, 3.63) is 21.3 Å². The average Bonchev–Trinajstić information content (AvgIpc) is 2.99. The summed E-state index contributed by atoms with van der Waals surface area (Å²) in [6.45, 7) is 20.7. The molecule has 0 radical (unpaired) electrons. The van der Waals surface area contributed by atoms with Crippen LogP contribution in [-0.4, -0.2) is 36.2 Å². The van der Waals surface area contributed by atoms with Crippen LogP contribution >= 0.6 is 0 Å². The van der Waals surface area contributed by atoms with E-state index in [0.29, 0.717) is 0 Å². The Morgan fingerprint density at radius 1 is 1.07 bits per heavy atom. The van der Waals surface area contributed by atoms with E-state index in [1.165, 1.54) is 66.6 Å². The van der Waals surface area contributed by atoms with Crippen LogP contribution in [-0.2, 0) is 9.47 Å². The first-order chi connectivity index (χ1) is 14.1. The summed E-state index contributed by atoms with van der Waals surface area (Å²) in [6, 6.07) is 0. The topological polar surface area (TPSA) is 35.5 Å². The zero-order chi connectivity index (χ0) is 22.6. The molecule has 0 unspecified atom stereocenters. The van der Waals surface area contributed by atoms with Crippen molar-refractivity contribution in [2.75, 3.05) is 0 Å². The second kappa shape index (κ2) is 10.4. The standard InChI is InChI=1S/C14H19O3.3C4H9.Sn/c1-6-11-9(2)7-8-14(13(11,4)5)10(3)16-12(15)17-14;3*1-3-4-2;/h10H,1,7-8H2,2-5H3;3*1,3-4H2,2H3;/t10-,14+;;;;/m0..../s1. The van der Waals surface area contributed by atoms with Crippen LogP contribution in [0.1, 0.15) is 99.8 Å². The molecule has 1 aliphatic heterocycles. The quantitative estimate of drug-likeness (QED) is 0.201. The van der Waals surface area contributed by atoms with Gasteiger partial charge in [-0.05, 0) is 0 Å². The molecule has 2 aliphatic rings. The third kappa shape index (κ3) is 4.66. The molecule has 2 rings (SSSR count). The number of allylic oxidation sites excluding steroid dienone is 2. The van der Waals surface area contributed by atoms with E-state index in [9.17, 15) is 4.79 Å². The summed E-state index contributed by atoms with van der Waals surface area (Å²) in [4.78, 5) is 12.1. The zero-order valence-corrected chi connectivity index (χ0v) is 23.6. The van der Waals surface area contributed by atoms with Crippen LogP contribution in [0.25, 0.3) is 0 Å². The first-order valence-electron chi connectivity index (χ1n) is 12.4. The fourth-order valence-corrected chi connectivity index (χ4v) is 22.8. The Morgan fingerprint density at radius 3 is 1.97 bits per heavy atom. The summed E-state index contributed by atoms with van der Waals surface area (Å²) in [7, 11) is 0. The molecule has 1 aliphatic carbocycles. The predicted molar refractivity (Wildman–Crippen MR) is 130 cm³/mol. The van der Waals surface area contributed by atoms with Crippen LogP contribution in [0, 0.1) is 5.41 Å². The van der Waals surface area contributed by atoms with E-state index in [2.05, 4.69) is 41.5 Å². The van der Waals surface area contributed by atoms with Crippen LogP contribution in [0.15, 0.2) is 21.3 Å². The molecule has 3 nitrogen and oxygen atoms in total. The molecule has 0 bridgehead atoms. The fraction of sp³-hybridized carbons (Fsp3) is 0.808. The third-order valence-electron chi connectivity index (χ3n) is 8.14. The van der Waals surface area contributed by atoms with Crippen molar-refractivity contribution >= 4 is 24.5 Å². The monoisotopic (exact) mass is 526 g/mol. The van der Waals surface area contributed by atoms with Gasteiger partial charge in [0.1, 0.15) is 0 Å². The molecule has 1 spiro atoms. The second-order valence-electron chi connectivity index (χ2n) is 10.4. The van der Waals surface area contributed by atoms with Gasteiger partial charge in [-0.25, -0.2) is 0 Å². The van der Waals surface area contributed by atoms with Crippen molar-refractivity contribution in [3.8, 4) is 0 Å². The molecule has 1 saturated heterocycles. The maximum atomic E-state index is 12.1. The van der Waals surface area contributed by atoms with Crippen LogP contribution in [0.2, 0.25) is 13.3 Å². The van der Waals surface area contributed by atoms with Gasteiger partial charge in [0.2, 0.25) is 0 Å². The second-order valence-corrected chi connectivity index (χ2v) is 23.7. The van der Waals surface area contributed by atoms with Crippen LogP contribution < -0.4 is 0 Å². The minimum atomic E-state index is -2.67. The van der Waals surface area contributed by atoms with E-state index in [1.54, 1.807) is 0 Å². The number of hydrogen-bond donors (Lipinski definition) is 0. The number of cyclic esters (lactones) is 1. The van der Waals surface area contributed by atoms with E-state index < -0.39 is 30.1 Å². The predicted octanol–water partition coefficient (Wildman–Crippen LogP) is 8.36.